The fourth-order valence-electron chi connectivity index (χ4n) is 1.87. The van der Waals surface area contributed by atoms with Crippen LogP contribution < -0.4 is 5.32 Å². The summed E-state index contributed by atoms with van der Waals surface area (Å²) in [4.78, 5) is 0. The number of nitrogens with one attached hydrogen (secondary N) is 1. The Balaban J connectivity index is 2.35. The van der Waals surface area contributed by atoms with Crippen LogP contribution in [0.15, 0.2) is 0 Å². The average Bonchev–Trinajstić information content (AvgIpc) is 2.51. The summed E-state index contributed by atoms with van der Waals surface area (Å²) in [5, 5.41) is 3.40. The summed E-state index contributed by atoms with van der Waals surface area (Å²) in [6.07, 6.45) is 3.09. The number of rotatable bonds is 5. The maximum absolute atomic E-state index is 5.79. The number of hydrogen-bond donors (Lipinski definition) is 1. The van der Waals surface area contributed by atoms with E-state index in [0.717, 1.165) is 19.6 Å². The lowest BCUT2D eigenvalue weighted by Gasteiger charge is -2.23. The largest absolute Gasteiger partial charge is 0.383 e. The van der Waals surface area contributed by atoms with Crippen molar-refractivity contribution in [2.45, 2.75) is 44.9 Å². The van der Waals surface area contributed by atoms with Gasteiger partial charge in [-0.3, -0.25) is 0 Å². The summed E-state index contributed by atoms with van der Waals surface area (Å²) in [6, 6.07) is 0.361. The molecule has 13 heavy (non-hydrogen) atoms. The van der Waals surface area contributed by atoms with Crippen LogP contribution in [-0.4, -0.2) is 38.5 Å². The van der Waals surface area contributed by atoms with Crippen LogP contribution >= 0.6 is 0 Å². The molecule has 78 valence electrons. The van der Waals surface area contributed by atoms with Crippen molar-refractivity contribution in [3.63, 3.8) is 0 Å². The van der Waals surface area contributed by atoms with Crippen molar-refractivity contribution < 1.29 is 9.47 Å². The summed E-state index contributed by atoms with van der Waals surface area (Å²) in [5.41, 5.74) is 0. The van der Waals surface area contributed by atoms with Crippen molar-refractivity contribution in [1.82, 2.24) is 5.32 Å². The number of ether oxygens (including phenoxy) is 2. The Bertz CT molecular complexity index is 135. The lowest BCUT2D eigenvalue weighted by Crippen LogP contribution is -2.43. The zero-order chi connectivity index (χ0) is 9.68. The van der Waals surface area contributed by atoms with Gasteiger partial charge >= 0.3 is 0 Å². The molecule has 0 aromatic rings. The van der Waals surface area contributed by atoms with Gasteiger partial charge in [-0.05, 0) is 26.3 Å². The van der Waals surface area contributed by atoms with E-state index in [1.165, 1.54) is 6.42 Å². The minimum absolute atomic E-state index is 0.342. The van der Waals surface area contributed by atoms with Crippen molar-refractivity contribution in [2.24, 2.45) is 0 Å². The van der Waals surface area contributed by atoms with Crippen LogP contribution in [0.5, 0.6) is 0 Å². The second kappa shape index (κ2) is 5.58. The Morgan fingerprint density at radius 1 is 1.54 bits per heavy atom. The lowest BCUT2D eigenvalue weighted by atomic mass is 10.1. The zero-order valence-corrected chi connectivity index (χ0v) is 8.88. The number of methoxy groups -OCH3 is 1. The van der Waals surface area contributed by atoms with E-state index in [9.17, 15) is 0 Å². The van der Waals surface area contributed by atoms with Gasteiger partial charge in [-0.1, -0.05) is 6.92 Å². The molecule has 1 aliphatic heterocycles. The maximum atomic E-state index is 5.79. The highest BCUT2D eigenvalue weighted by Crippen LogP contribution is 2.21. The highest BCUT2D eigenvalue weighted by Gasteiger charge is 2.28. The second-order valence-electron chi connectivity index (χ2n) is 3.68. The number of hydrogen-bond acceptors (Lipinski definition) is 3. The predicted molar refractivity (Wildman–Crippen MR) is 52.9 cm³/mol. The Morgan fingerprint density at radius 2 is 2.31 bits per heavy atom. The van der Waals surface area contributed by atoms with Gasteiger partial charge < -0.3 is 14.8 Å². The second-order valence-corrected chi connectivity index (χ2v) is 3.68. The Labute approximate surface area is 80.8 Å². The van der Waals surface area contributed by atoms with Crippen LogP contribution in [-0.2, 0) is 9.47 Å². The zero-order valence-electron chi connectivity index (χ0n) is 8.88. The third kappa shape index (κ3) is 3.25. The molecular formula is C10H21NO2. The Kier molecular flexibility index (Phi) is 4.70. The smallest absolute Gasteiger partial charge is 0.0755 e. The number of likely N-dealkylation sites (N-methyl/N-ethyl adjacent to an activating group) is 1. The highest BCUT2D eigenvalue weighted by molar-refractivity contribution is 4.82. The molecule has 1 rings (SSSR count). The average molecular weight is 187 g/mol. The van der Waals surface area contributed by atoms with Crippen LogP contribution in [0.3, 0.4) is 0 Å². The molecule has 0 spiro atoms. The fourth-order valence-corrected chi connectivity index (χ4v) is 1.87. The predicted octanol–water partition coefficient (Wildman–Crippen LogP) is 1.18. The van der Waals surface area contributed by atoms with Crippen molar-refractivity contribution in [2.75, 3.05) is 20.3 Å². The Morgan fingerprint density at radius 3 is 2.77 bits per heavy atom. The molecule has 1 heterocycles. The van der Waals surface area contributed by atoms with E-state index in [-0.39, 0.29) is 0 Å². The minimum Gasteiger partial charge on any atom is -0.383 e. The highest BCUT2D eigenvalue weighted by atomic mass is 16.5. The first-order valence-corrected chi connectivity index (χ1v) is 5.15. The van der Waals surface area contributed by atoms with E-state index in [0.29, 0.717) is 18.2 Å². The summed E-state index contributed by atoms with van der Waals surface area (Å²) < 4.78 is 10.9. The van der Waals surface area contributed by atoms with Gasteiger partial charge in [0, 0.05) is 7.11 Å². The van der Waals surface area contributed by atoms with E-state index in [1.54, 1.807) is 7.11 Å². The third-order valence-electron chi connectivity index (χ3n) is 2.53. The van der Waals surface area contributed by atoms with Gasteiger partial charge in [-0.2, -0.15) is 0 Å². The van der Waals surface area contributed by atoms with Crippen LogP contribution in [0, 0.1) is 0 Å². The molecule has 0 amide bonds. The minimum atomic E-state index is 0.342. The molecule has 0 radical (unpaired) electrons. The van der Waals surface area contributed by atoms with Gasteiger partial charge in [0.2, 0.25) is 0 Å². The molecule has 0 bridgehead atoms. The van der Waals surface area contributed by atoms with Gasteiger partial charge in [0.1, 0.15) is 0 Å². The summed E-state index contributed by atoms with van der Waals surface area (Å²) in [5.74, 6) is 0. The lowest BCUT2D eigenvalue weighted by molar-refractivity contribution is 0.0107. The summed E-state index contributed by atoms with van der Waals surface area (Å²) in [6.45, 7) is 5.96. The van der Waals surface area contributed by atoms with Crippen LogP contribution in [0.25, 0.3) is 0 Å². The van der Waals surface area contributed by atoms with E-state index >= 15 is 0 Å². The van der Waals surface area contributed by atoms with Crippen LogP contribution in [0.2, 0.25) is 0 Å². The van der Waals surface area contributed by atoms with E-state index in [4.69, 9.17) is 9.47 Å². The van der Waals surface area contributed by atoms with Crippen LogP contribution in [0.1, 0.15) is 26.7 Å². The molecule has 1 saturated heterocycles. The maximum Gasteiger partial charge on any atom is 0.0755 e. The molecule has 3 unspecified atom stereocenters. The summed E-state index contributed by atoms with van der Waals surface area (Å²) in [7, 11) is 1.74. The van der Waals surface area contributed by atoms with Gasteiger partial charge in [-0.15, -0.1) is 0 Å². The quantitative estimate of drug-likeness (QED) is 0.701. The molecule has 3 heteroatoms. The third-order valence-corrected chi connectivity index (χ3v) is 2.53. The van der Waals surface area contributed by atoms with E-state index < -0.39 is 0 Å². The monoisotopic (exact) mass is 187 g/mol. The molecule has 1 N–H and O–H groups in total. The summed E-state index contributed by atoms with van der Waals surface area (Å²) >= 11 is 0. The molecule has 0 aromatic carbocycles. The molecule has 1 fully saturated rings. The van der Waals surface area contributed by atoms with Crippen molar-refractivity contribution in [1.29, 1.82) is 0 Å². The van der Waals surface area contributed by atoms with E-state index in [2.05, 4.69) is 19.2 Å². The molecule has 3 nitrogen and oxygen atoms in total. The van der Waals surface area contributed by atoms with Crippen LogP contribution in [0.4, 0.5) is 0 Å². The Hall–Kier alpha value is -0.120. The first kappa shape index (κ1) is 11.0. The molecule has 0 saturated carbocycles. The molecule has 1 aliphatic rings. The fraction of sp³-hybridized carbons (Fsp3) is 1.00. The first-order chi connectivity index (χ1) is 6.27. The van der Waals surface area contributed by atoms with E-state index in [1.807, 2.05) is 0 Å². The standard InChI is InChI=1S/C10H21NO2/c1-4-11-9(7-12-3)10-6-5-8(2)13-10/h8-11H,4-7H2,1-3H3. The van der Waals surface area contributed by atoms with Gasteiger partial charge in [0.05, 0.1) is 24.9 Å². The van der Waals surface area contributed by atoms with Crippen molar-refractivity contribution >= 4 is 0 Å². The molecule has 3 atom stereocenters. The SMILES string of the molecule is CCNC(COC)C1CCC(C)O1. The first-order valence-electron chi connectivity index (χ1n) is 5.15. The molecular weight excluding hydrogens is 166 g/mol. The van der Waals surface area contributed by atoms with Gasteiger partial charge in [0.25, 0.3) is 0 Å². The van der Waals surface area contributed by atoms with Gasteiger partial charge in [-0.25, -0.2) is 0 Å². The normalized spacial score (nSPS) is 30.7. The molecule has 0 aromatic heterocycles. The van der Waals surface area contributed by atoms with Gasteiger partial charge in [0.15, 0.2) is 0 Å². The van der Waals surface area contributed by atoms with Crippen molar-refractivity contribution in [3.8, 4) is 0 Å². The molecule has 0 aliphatic carbocycles. The topological polar surface area (TPSA) is 30.5 Å². The van der Waals surface area contributed by atoms with Crippen molar-refractivity contribution in [3.05, 3.63) is 0 Å².